The molecule has 0 N–H and O–H groups in total. The second-order valence-electron chi connectivity index (χ2n) is 6.35. The van der Waals surface area contributed by atoms with Crippen molar-refractivity contribution < 1.29 is 9.72 Å². The molecule has 140 valence electrons. The third kappa shape index (κ3) is 5.38. The third-order valence-electron chi connectivity index (χ3n) is 4.24. The highest BCUT2D eigenvalue weighted by Gasteiger charge is 2.12. The molecule has 0 bridgehead atoms. The molecule has 0 aliphatic rings. The molecule has 3 aromatic carbocycles. The highest BCUT2D eigenvalue weighted by atomic mass is 16.6. The lowest BCUT2D eigenvalue weighted by Crippen LogP contribution is -2.28. The van der Waals surface area contributed by atoms with Gasteiger partial charge in [-0.2, -0.15) is 0 Å². The first kappa shape index (κ1) is 19.0. The fourth-order valence-corrected chi connectivity index (χ4v) is 2.83. The van der Waals surface area contributed by atoms with Crippen molar-refractivity contribution in [2.45, 2.75) is 13.1 Å². The number of non-ortho nitro benzene ring substituents is 1. The van der Waals surface area contributed by atoms with Gasteiger partial charge in [0.1, 0.15) is 0 Å². The summed E-state index contributed by atoms with van der Waals surface area (Å²) in [5, 5.41) is 10.9. The molecule has 0 saturated heterocycles. The summed E-state index contributed by atoms with van der Waals surface area (Å²) in [5.41, 5.74) is 2.69. The Hall–Kier alpha value is -3.73. The van der Waals surface area contributed by atoms with E-state index in [1.54, 1.807) is 23.1 Å². The normalized spacial score (nSPS) is 10.7. The Morgan fingerprint density at radius 1 is 0.857 bits per heavy atom. The van der Waals surface area contributed by atoms with Crippen molar-refractivity contribution in [2.24, 2.45) is 0 Å². The van der Waals surface area contributed by atoms with E-state index >= 15 is 0 Å². The molecule has 1 amide bonds. The topological polar surface area (TPSA) is 63.4 Å². The Bertz CT molecular complexity index is 928. The Morgan fingerprint density at radius 3 is 1.96 bits per heavy atom. The van der Waals surface area contributed by atoms with Crippen LogP contribution in [-0.4, -0.2) is 15.7 Å². The number of nitro benzene ring substituents is 1. The molecule has 0 unspecified atom stereocenters. The quantitative estimate of drug-likeness (QED) is 0.339. The Kier molecular flexibility index (Phi) is 6.31. The lowest BCUT2D eigenvalue weighted by Gasteiger charge is -2.21. The number of nitro groups is 1. The predicted octanol–water partition coefficient (Wildman–Crippen LogP) is 4.84. The van der Waals surface area contributed by atoms with Crippen LogP contribution in [0.3, 0.4) is 0 Å². The molecular weight excluding hydrogens is 352 g/mol. The molecule has 0 atom stereocenters. The summed E-state index contributed by atoms with van der Waals surface area (Å²) < 4.78 is 0. The van der Waals surface area contributed by atoms with E-state index in [4.69, 9.17) is 0 Å². The number of hydrogen-bond acceptors (Lipinski definition) is 3. The first-order valence-electron chi connectivity index (χ1n) is 8.91. The number of nitrogens with zero attached hydrogens (tertiary/aromatic N) is 2. The maximum atomic E-state index is 12.8. The lowest BCUT2D eigenvalue weighted by atomic mass is 10.1. The number of rotatable bonds is 7. The molecule has 0 aliphatic heterocycles. The van der Waals surface area contributed by atoms with Crippen LogP contribution in [0, 0.1) is 10.1 Å². The van der Waals surface area contributed by atoms with Crippen molar-refractivity contribution >= 4 is 17.7 Å². The van der Waals surface area contributed by atoms with Gasteiger partial charge in [-0.05, 0) is 22.8 Å². The zero-order valence-corrected chi connectivity index (χ0v) is 15.3. The van der Waals surface area contributed by atoms with E-state index in [9.17, 15) is 14.9 Å². The summed E-state index contributed by atoms with van der Waals surface area (Å²) in [6.45, 7) is 0.960. The molecule has 0 saturated carbocycles. The monoisotopic (exact) mass is 372 g/mol. The first-order valence-corrected chi connectivity index (χ1v) is 8.91. The average molecular weight is 372 g/mol. The number of carbonyl (C=O) groups excluding carboxylic acids is 1. The molecule has 5 nitrogen and oxygen atoms in total. The van der Waals surface area contributed by atoms with Gasteiger partial charge in [0, 0.05) is 31.3 Å². The zero-order valence-electron chi connectivity index (χ0n) is 15.3. The molecule has 3 aromatic rings. The highest BCUT2D eigenvalue weighted by molar-refractivity contribution is 5.91. The third-order valence-corrected chi connectivity index (χ3v) is 4.24. The van der Waals surface area contributed by atoms with Crippen molar-refractivity contribution in [1.82, 2.24) is 4.90 Å². The molecule has 0 aromatic heterocycles. The van der Waals surface area contributed by atoms with E-state index in [1.165, 1.54) is 18.2 Å². The Balaban J connectivity index is 1.79. The molecule has 0 spiro atoms. The Morgan fingerprint density at radius 2 is 1.43 bits per heavy atom. The van der Waals surface area contributed by atoms with Gasteiger partial charge in [-0.1, -0.05) is 72.8 Å². The minimum atomic E-state index is -0.448. The summed E-state index contributed by atoms with van der Waals surface area (Å²) in [5.74, 6) is -0.154. The fourth-order valence-electron chi connectivity index (χ4n) is 2.83. The SMILES string of the molecule is O=C(C=Cc1cccc([N+](=O)[O-])c1)N(Cc1ccccc1)Cc1ccccc1. The minimum Gasteiger partial charge on any atom is -0.331 e. The first-order chi connectivity index (χ1) is 13.6. The largest absolute Gasteiger partial charge is 0.331 e. The molecule has 3 rings (SSSR count). The van der Waals surface area contributed by atoms with Crippen LogP contribution in [-0.2, 0) is 17.9 Å². The van der Waals surface area contributed by atoms with Crippen molar-refractivity contribution in [3.63, 3.8) is 0 Å². The van der Waals surface area contributed by atoms with E-state index in [0.717, 1.165) is 11.1 Å². The van der Waals surface area contributed by atoms with Gasteiger partial charge < -0.3 is 4.90 Å². The molecular formula is C23H20N2O3. The maximum absolute atomic E-state index is 12.8. The van der Waals surface area contributed by atoms with Gasteiger partial charge in [0.05, 0.1) is 4.92 Å². The molecule has 0 radical (unpaired) electrons. The summed E-state index contributed by atoms with van der Waals surface area (Å²) in [7, 11) is 0. The summed E-state index contributed by atoms with van der Waals surface area (Å²) in [6.07, 6.45) is 3.07. The molecule has 0 aliphatic carbocycles. The summed E-state index contributed by atoms with van der Waals surface area (Å²) in [6, 6.07) is 25.8. The summed E-state index contributed by atoms with van der Waals surface area (Å²) in [4.78, 5) is 25.1. The van der Waals surface area contributed by atoms with E-state index in [1.807, 2.05) is 60.7 Å². The van der Waals surface area contributed by atoms with Crippen molar-refractivity contribution in [3.8, 4) is 0 Å². The lowest BCUT2D eigenvalue weighted by molar-refractivity contribution is -0.384. The van der Waals surface area contributed by atoms with Crippen LogP contribution >= 0.6 is 0 Å². The number of carbonyl (C=O) groups is 1. The van der Waals surface area contributed by atoms with E-state index in [2.05, 4.69) is 0 Å². The maximum Gasteiger partial charge on any atom is 0.270 e. The Labute approximate surface area is 163 Å². The van der Waals surface area contributed by atoms with Gasteiger partial charge in [0.25, 0.3) is 5.69 Å². The van der Waals surface area contributed by atoms with E-state index in [0.29, 0.717) is 18.7 Å². The minimum absolute atomic E-state index is 0.0000243. The number of benzene rings is 3. The van der Waals surface area contributed by atoms with Crippen LogP contribution in [0.1, 0.15) is 16.7 Å². The van der Waals surface area contributed by atoms with Crippen LogP contribution in [0.4, 0.5) is 5.69 Å². The van der Waals surface area contributed by atoms with Crippen molar-refractivity contribution in [2.75, 3.05) is 0 Å². The van der Waals surface area contributed by atoms with Crippen molar-refractivity contribution in [1.29, 1.82) is 0 Å². The average Bonchev–Trinajstić information content (AvgIpc) is 2.73. The fraction of sp³-hybridized carbons (Fsp3) is 0.0870. The van der Waals surface area contributed by atoms with E-state index < -0.39 is 4.92 Å². The van der Waals surface area contributed by atoms with Crippen LogP contribution in [0.15, 0.2) is 91.0 Å². The second kappa shape index (κ2) is 9.28. The van der Waals surface area contributed by atoms with Gasteiger partial charge in [-0.15, -0.1) is 0 Å². The van der Waals surface area contributed by atoms with Gasteiger partial charge in [0.2, 0.25) is 5.91 Å². The summed E-state index contributed by atoms with van der Waals surface area (Å²) >= 11 is 0. The highest BCUT2D eigenvalue weighted by Crippen LogP contribution is 2.15. The van der Waals surface area contributed by atoms with Gasteiger partial charge in [0.15, 0.2) is 0 Å². The molecule has 0 fully saturated rings. The molecule has 0 heterocycles. The van der Waals surface area contributed by atoms with Gasteiger partial charge >= 0.3 is 0 Å². The van der Waals surface area contributed by atoms with Crippen LogP contribution in [0.5, 0.6) is 0 Å². The van der Waals surface area contributed by atoms with Crippen LogP contribution in [0.2, 0.25) is 0 Å². The smallest absolute Gasteiger partial charge is 0.270 e. The van der Waals surface area contributed by atoms with Gasteiger partial charge in [-0.25, -0.2) is 0 Å². The van der Waals surface area contributed by atoms with E-state index in [-0.39, 0.29) is 11.6 Å². The standard InChI is InChI=1S/C23H20N2O3/c26-23(15-14-19-12-7-13-22(16-19)25(27)28)24(17-20-8-3-1-4-9-20)18-21-10-5-2-6-11-21/h1-16H,17-18H2. The van der Waals surface area contributed by atoms with Crippen LogP contribution in [0.25, 0.3) is 6.08 Å². The number of amides is 1. The van der Waals surface area contributed by atoms with Crippen molar-refractivity contribution in [3.05, 3.63) is 118 Å². The molecule has 28 heavy (non-hydrogen) atoms. The van der Waals surface area contributed by atoms with Crippen LogP contribution < -0.4 is 0 Å². The second-order valence-corrected chi connectivity index (χ2v) is 6.35. The molecule has 5 heteroatoms. The van der Waals surface area contributed by atoms with Gasteiger partial charge in [-0.3, -0.25) is 14.9 Å². The predicted molar refractivity (Wildman–Crippen MR) is 109 cm³/mol. The zero-order chi connectivity index (χ0) is 19.8. The number of hydrogen-bond donors (Lipinski definition) is 0.